The molecule has 0 saturated heterocycles. The third kappa shape index (κ3) is 5.02. The molecule has 0 aliphatic heterocycles. The van der Waals surface area contributed by atoms with Crippen molar-refractivity contribution in [3.05, 3.63) is 96.7 Å². The monoisotopic (exact) mass is 502 g/mol. The van der Waals surface area contributed by atoms with Crippen LogP contribution in [0.25, 0.3) is 39.7 Å². The van der Waals surface area contributed by atoms with Crippen LogP contribution in [0, 0.1) is 0 Å². The van der Waals surface area contributed by atoms with Gasteiger partial charge in [0.15, 0.2) is 5.69 Å². The molecule has 0 bridgehead atoms. The van der Waals surface area contributed by atoms with Gasteiger partial charge in [0.1, 0.15) is 11.5 Å². The lowest BCUT2D eigenvalue weighted by Gasteiger charge is -2.12. The number of hydrogen-bond donors (Lipinski definition) is 0. The summed E-state index contributed by atoms with van der Waals surface area (Å²) < 4.78 is 53.7. The van der Waals surface area contributed by atoms with Gasteiger partial charge in [0.05, 0.1) is 31.3 Å². The number of rotatable bonds is 6. The second kappa shape index (κ2) is 9.77. The summed E-state index contributed by atoms with van der Waals surface area (Å²) in [5.41, 5.74) is 1.99. The number of alkyl halides is 3. The van der Waals surface area contributed by atoms with Crippen LogP contribution in [-0.4, -0.2) is 34.0 Å². The maximum Gasteiger partial charge on any atom is 0.433 e. The predicted molar refractivity (Wildman–Crippen MR) is 134 cm³/mol. The van der Waals surface area contributed by atoms with Crippen LogP contribution in [0.5, 0.6) is 11.5 Å². The second-order valence-electron chi connectivity index (χ2n) is 8.09. The molecule has 0 radical (unpaired) electrons. The van der Waals surface area contributed by atoms with E-state index in [4.69, 9.17) is 9.47 Å². The van der Waals surface area contributed by atoms with Crippen LogP contribution >= 0.6 is 0 Å². The molecule has 6 nitrogen and oxygen atoms in total. The van der Waals surface area contributed by atoms with E-state index in [9.17, 15) is 13.2 Å². The molecular formula is C28H21F3N4O2. The Bertz CT molecular complexity index is 1550. The van der Waals surface area contributed by atoms with Gasteiger partial charge in [-0.05, 0) is 36.4 Å². The van der Waals surface area contributed by atoms with Crippen LogP contribution in [0.4, 0.5) is 13.2 Å². The first-order valence-electron chi connectivity index (χ1n) is 11.3. The van der Waals surface area contributed by atoms with Gasteiger partial charge < -0.3 is 9.47 Å². The van der Waals surface area contributed by atoms with Crippen LogP contribution < -0.4 is 9.47 Å². The molecule has 186 valence electrons. The molecule has 2 heterocycles. The molecule has 9 heteroatoms. The largest absolute Gasteiger partial charge is 0.497 e. The minimum absolute atomic E-state index is 0.132. The van der Waals surface area contributed by atoms with Crippen molar-refractivity contribution < 1.29 is 22.6 Å². The Hall–Kier alpha value is -4.66. The fraction of sp³-hybridized carbons (Fsp3) is 0.107. The summed E-state index contributed by atoms with van der Waals surface area (Å²) in [6.45, 7) is 0. The number of halogens is 3. The van der Waals surface area contributed by atoms with Crippen molar-refractivity contribution in [1.82, 2.24) is 19.7 Å². The van der Waals surface area contributed by atoms with Crippen LogP contribution in [0.15, 0.2) is 91.0 Å². The molecule has 0 saturated carbocycles. The van der Waals surface area contributed by atoms with Gasteiger partial charge in [0, 0.05) is 16.7 Å². The standard InChI is InChI=1S/C28H21F3N4O2/c1-36-21-12-6-10-19(14-21)24-16-25(20-11-7-13-22(15-20)37-2)35(34-24)27-32-23(18-8-4-3-5-9-18)17-26(33-27)28(29,30)31/h3-17H,1-2H3. The van der Waals surface area contributed by atoms with Crippen molar-refractivity contribution in [3.63, 3.8) is 0 Å². The maximum absolute atomic E-state index is 13.9. The highest BCUT2D eigenvalue weighted by molar-refractivity contribution is 5.72. The normalized spacial score (nSPS) is 11.4. The first-order chi connectivity index (χ1) is 17.9. The Morgan fingerprint density at radius 2 is 1.27 bits per heavy atom. The first kappa shape index (κ1) is 24.1. The van der Waals surface area contributed by atoms with E-state index < -0.39 is 11.9 Å². The van der Waals surface area contributed by atoms with Gasteiger partial charge >= 0.3 is 6.18 Å². The van der Waals surface area contributed by atoms with Gasteiger partial charge in [0.2, 0.25) is 0 Å². The number of benzene rings is 3. The molecule has 2 aromatic heterocycles. The van der Waals surface area contributed by atoms with Crippen molar-refractivity contribution in [2.75, 3.05) is 14.2 Å². The molecule has 5 aromatic rings. The Morgan fingerprint density at radius 1 is 0.649 bits per heavy atom. The van der Waals surface area contributed by atoms with Gasteiger partial charge in [-0.2, -0.15) is 23.0 Å². The van der Waals surface area contributed by atoms with E-state index in [-0.39, 0.29) is 11.6 Å². The second-order valence-corrected chi connectivity index (χ2v) is 8.09. The molecular weight excluding hydrogens is 481 g/mol. The van der Waals surface area contributed by atoms with Gasteiger partial charge in [-0.1, -0.05) is 54.6 Å². The van der Waals surface area contributed by atoms with E-state index >= 15 is 0 Å². The number of aromatic nitrogens is 4. The lowest BCUT2D eigenvalue weighted by Crippen LogP contribution is -2.14. The number of nitrogens with zero attached hydrogens (tertiary/aromatic N) is 4. The zero-order valence-electron chi connectivity index (χ0n) is 19.9. The van der Waals surface area contributed by atoms with Gasteiger partial charge in [0.25, 0.3) is 5.95 Å². The maximum atomic E-state index is 13.9. The van der Waals surface area contributed by atoms with E-state index in [1.165, 1.54) is 4.68 Å². The summed E-state index contributed by atoms with van der Waals surface area (Å²) in [7, 11) is 3.10. The lowest BCUT2D eigenvalue weighted by atomic mass is 10.1. The predicted octanol–water partition coefficient (Wildman–Crippen LogP) is 6.70. The number of methoxy groups -OCH3 is 2. The molecule has 0 N–H and O–H groups in total. The average Bonchev–Trinajstić information content (AvgIpc) is 3.39. The van der Waals surface area contributed by atoms with Crippen molar-refractivity contribution >= 4 is 0 Å². The summed E-state index contributed by atoms with van der Waals surface area (Å²) in [4.78, 5) is 8.37. The Balaban J connectivity index is 1.76. The summed E-state index contributed by atoms with van der Waals surface area (Å²) >= 11 is 0. The third-order valence-electron chi connectivity index (χ3n) is 5.70. The van der Waals surface area contributed by atoms with Crippen LogP contribution in [-0.2, 0) is 6.18 Å². The summed E-state index contributed by atoms with van der Waals surface area (Å²) in [5.74, 6) is 1.00. The molecule has 0 spiro atoms. The number of hydrogen-bond acceptors (Lipinski definition) is 5. The highest BCUT2D eigenvalue weighted by Gasteiger charge is 2.34. The third-order valence-corrected chi connectivity index (χ3v) is 5.70. The fourth-order valence-corrected chi connectivity index (χ4v) is 3.88. The van der Waals surface area contributed by atoms with Crippen molar-refractivity contribution in [2.24, 2.45) is 0 Å². The van der Waals surface area contributed by atoms with Gasteiger partial charge in [-0.15, -0.1) is 0 Å². The first-order valence-corrected chi connectivity index (χ1v) is 11.3. The molecule has 0 aliphatic rings. The molecule has 0 unspecified atom stereocenters. The van der Waals surface area contributed by atoms with Crippen LogP contribution in [0.2, 0.25) is 0 Å². The summed E-state index contributed by atoms with van der Waals surface area (Å²) in [6.07, 6.45) is -4.68. The average molecular weight is 502 g/mol. The minimum Gasteiger partial charge on any atom is -0.497 e. The molecule has 5 rings (SSSR count). The summed E-state index contributed by atoms with van der Waals surface area (Å²) in [5, 5.41) is 4.64. The zero-order chi connectivity index (χ0) is 26.0. The van der Waals surface area contributed by atoms with Gasteiger partial charge in [-0.25, -0.2) is 9.97 Å². The molecule has 3 aromatic carbocycles. The molecule has 0 fully saturated rings. The van der Waals surface area contributed by atoms with Gasteiger partial charge in [-0.3, -0.25) is 0 Å². The van der Waals surface area contributed by atoms with E-state index in [1.807, 2.05) is 18.2 Å². The summed E-state index contributed by atoms with van der Waals surface area (Å²) in [6, 6.07) is 25.8. The molecule has 0 amide bonds. The van der Waals surface area contributed by atoms with E-state index in [1.54, 1.807) is 80.9 Å². The van der Waals surface area contributed by atoms with Crippen LogP contribution in [0.1, 0.15) is 5.69 Å². The molecule has 0 aliphatic carbocycles. The minimum atomic E-state index is -4.68. The molecule has 37 heavy (non-hydrogen) atoms. The number of ether oxygens (including phenoxy) is 2. The highest BCUT2D eigenvalue weighted by Crippen LogP contribution is 2.34. The molecule has 0 atom stereocenters. The fourth-order valence-electron chi connectivity index (χ4n) is 3.88. The van der Waals surface area contributed by atoms with Crippen molar-refractivity contribution in [2.45, 2.75) is 6.18 Å². The Morgan fingerprint density at radius 3 is 1.92 bits per heavy atom. The van der Waals surface area contributed by atoms with Crippen molar-refractivity contribution in [1.29, 1.82) is 0 Å². The SMILES string of the molecule is COc1cccc(-c2cc(-c3cccc(OC)c3)n(-c3nc(-c4ccccc4)cc(C(F)(F)F)n3)n2)c1. The van der Waals surface area contributed by atoms with E-state index in [2.05, 4.69) is 15.1 Å². The topological polar surface area (TPSA) is 62.1 Å². The van der Waals surface area contributed by atoms with Crippen molar-refractivity contribution in [3.8, 4) is 51.2 Å². The smallest absolute Gasteiger partial charge is 0.433 e. The van der Waals surface area contributed by atoms with E-state index in [0.717, 1.165) is 11.6 Å². The highest BCUT2D eigenvalue weighted by atomic mass is 19.4. The lowest BCUT2D eigenvalue weighted by molar-refractivity contribution is -0.141. The quantitative estimate of drug-likeness (QED) is 0.259. The van der Waals surface area contributed by atoms with Crippen LogP contribution in [0.3, 0.4) is 0 Å². The van der Waals surface area contributed by atoms with E-state index in [0.29, 0.717) is 34.0 Å². The Kier molecular flexibility index (Phi) is 6.35. The zero-order valence-corrected chi connectivity index (χ0v) is 19.9. The Labute approximate surface area is 211 Å².